The highest BCUT2D eigenvalue weighted by atomic mass is 16.6. The molecule has 10 nitrogen and oxygen atoms in total. The number of amides is 4. The van der Waals surface area contributed by atoms with Crippen molar-refractivity contribution in [2.24, 2.45) is 0 Å². The van der Waals surface area contributed by atoms with E-state index in [1.165, 1.54) is 24.3 Å². The number of nitrogens with zero attached hydrogens (tertiary/aromatic N) is 3. The summed E-state index contributed by atoms with van der Waals surface area (Å²) in [5.74, 6) is 0. The number of carbonyl (C=O) groups is 2. The molecule has 0 unspecified atom stereocenters. The number of benzene rings is 2. The Morgan fingerprint density at radius 3 is 1.97 bits per heavy atom. The number of nitro groups is 1. The van der Waals surface area contributed by atoms with Crippen LogP contribution in [-0.2, 0) is 0 Å². The van der Waals surface area contributed by atoms with Crippen LogP contribution in [0.4, 0.5) is 32.3 Å². The molecule has 1 fully saturated rings. The number of urea groups is 2. The second-order valence-corrected chi connectivity index (χ2v) is 6.74. The molecule has 10 heteroatoms. The second-order valence-electron chi connectivity index (χ2n) is 6.74. The zero-order valence-corrected chi connectivity index (χ0v) is 16.6. The summed E-state index contributed by atoms with van der Waals surface area (Å²) >= 11 is 0. The number of carbonyl (C=O) groups excluding carboxylic acids is 2. The summed E-state index contributed by atoms with van der Waals surface area (Å²) in [6.07, 6.45) is 0. The van der Waals surface area contributed by atoms with Crippen molar-refractivity contribution in [1.82, 2.24) is 10.2 Å². The molecule has 158 valence electrons. The summed E-state index contributed by atoms with van der Waals surface area (Å²) < 4.78 is 0. The first-order valence-corrected chi connectivity index (χ1v) is 9.66. The molecule has 0 spiro atoms. The van der Waals surface area contributed by atoms with E-state index in [0.29, 0.717) is 31.0 Å². The maximum Gasteiger partial charge on any atom is 0.323 e. The first-order valence-electron chi connectivity index (χ1n) is 9.66. The van der Waals surface area contributed by atoms with Gasteiger partial charge >= 0.3 is 12.1 Å². The van der Waals surface area contributed by atoms with E-state index in [9.17, 15) is 19.7 Å². The molecule has 4 amide bonds. The molecule has 1 saturated heterocycles. The molecule has 2 aromatic carbocycles. The quantitative estimate of drug-likeness (QED) is 0.515. The predicted octanol–water partition coefficient (Wildman–Crippen LogP) is 3.09. The molecule has 30 heavy (non-hydrogen) atoms. The molecular weight excluding hydrogens is 388 g/mol. The first kappa shape index (κ1) is 20.9. The molecule has 3 N–H and O–H groups in total. The SMILES string of the molecule is CCNC(=O)N1CCN(c2ccc(NC(=O)Nc3ccc([N+](=O)[O-])cc3)cc2)CC1. The molecule has 0 aromatic heterocycles. The third-order valence-electron chi connectivity index (χ3n) is 4.72. The van der Waals surface area contributed by atoms with Crippen LogP contribution in [0.1, 0.15) is 6.92 Å². The summed E-state index contributed by atoms with van der Waals surface area (Å²) in [6.45, 7) is 5.31. The van der Waals surface area contributed by atoms with Crippen LogP contribution in [0.2, 0.25) is 0 Å². The van der Waals surface area contributed by atoms with E-state index in [0.717, 1.165) is 18.8 Å². The number of hydrogen-bond donors (Lipinski definition) is 3. The van der Waals surface area contributed by atoms with E-state index < -0.39 is 11.0 Å². The normalized spacial score (nSPS) is 13.5. The standard InChI is InChI=1S/C20H24N6O4/c1-2-21-20(28)25-13-11-24(12-14-25)17-7-3-15(4-8-17)22-19(27)23-16-5-9-18(10-6-16)26(29)30/h3-10H,2,11-14H2,1H3,(H,21,28)(H2,22,23,27). The third kappa shape index (κ3) is 5.37. The van der Waals surface area contributed by atoms with Crippen LogP contribution < -0.4 is 20.9 Å². The van der Waals surface area contributed by atoms with Gasteiger partial charge in [-0.3, -0.25) is 10.1 Å². The number of nitro benzene ring substituents is 1. The summed E-state index contributed by atoms with van der Waals surface area (Å²) in [5, 5.41) is 18.8. The van der Waals surface area contributed by atoms with Crippen molar-refractivity contribution in [2.75, 3.05) is 48.3 Å². The van der Waals surface area contributed by atoms with Crippen molar-refractivity contribution in [2.45, 2.75) is 6.92 Å². The lowest BCUT2D eigenvalue weighted by molar-refractivity contribution is -0.384. The minimum absolute atomic E-state index is 0.0317. The van der Waals surface area contributed by atoms with Crippen molar-refractivity contribution in [3.05, 3.63) is 58.6 Å². The summed E-state index contributed by atoms with van der Waals surface area (Å²) in [4.78, 5) is 38.2. The second kappa shape index (κ2) is 9.59. The van der Waals surface area contributed by atoms with Gasteiger partial charge in [0.25, 0.3) is 5.69 Å². The Morgan fingerprint density at radius 2 is 1.47 bits per heavy atom. The van der Waals surface area contributed by atoms with Gasteiger partial charge in [0.15, 0.2) is 0 Å². The lowest BCUT2D eigenvalue weighted by atomic mass is 10.2. The maximum absolute atomic E-state index is 12.1. The molecule has 0 saturated carbocycles. The fourth-order valence-corrected chi connectivity index (χ4v) is 3.15. The third-order valence-corrected chi connectivity index (χ3v) is 4.72. The number of piperazine rings is 1. The largest absolute Gasteiger partial charge is 0.368 e. The van der Waals surface area contributed by atoms with E-state index in [1.807, 2.05) is 19.1 Å². The van der Waals surface area contributed by atoms with Gasteiger partial charge in [0.05, 0.1) is 4.92 Å². The van der Waals surface area contributed by atoms with Gasteiger partial charge < -0.3 is 25.8 Å². The Kier molecular flexibility index (Phi) is 6.68. The molecule has 0 atom stereocenters. The average molecular weight is 412 g/mol. The van der Waals surface area contributed by atoms with Gasteiger partial charge in [0.1, 0.15) is 0 Å². The van der Waals surface area contributed by atoms with Crippen LogP contribution in [0.5, 0.6) is 0 Å². The Labute approximate surface area is 174 Å². The Hall–Kier alpha value is -3.82. The van der Waals surface area contributed by atoms with Crippen molar-refractivity contribution in [3.8, 4) is 0 Å². The van der Waals surface area contributed by atoms with Gasteiger partial charge in [-0.05, 0) is 43.3 Å². The average Bonchev–Trinajstić information content (AvgIpc) is 2.75. The highest BCUT2D eigenvalue weighted by molar-refractivity contribution is 5.99. The van der Waals surface area contributed by atoms with E-state index >= 15 is 0 Å². The van der Waals surface area contributed by atoms with Gasteiger partial charge in [-0.2, -0.15) is 0 Å². The highest BCUT2D eigenvalue weighted by Gasteiger charge is 2.20. The van der Waals surface area contributed by atoms with Crippen molar-refractivity contribution in [1.29, 1.82) is 0 Å². The molecule has 1 aliphatic heterocycles. The van der Waals surface area contributed by atoms with Gasteiger partial charge in [-0.15, -0.1) is 0 Å². The highest BCUT2D eigenvalue weighted by Crippen LogP contribution is 2.20. The van der Waals surface area contributed by atoms with Crippen LogP contribution in [-0.4, -0.2) is 54.6 Å². The molecular formula is C20H24N6O4. The molecule has 3 rings (SSSR count). The monoisotopic (exact) mass is 412 g/mol. The number of rotatable bonds is 5. The summed E-state index contributed by atoms with van der Waals surface area (Å²) in [5.41, 5.74) is 2.06. The Balaban J connectivity index is 1.50. The first-order chi connectivity index (χ1) is 14.5. The van der Waals surface area contributed by atoms with Crippen molar-refractivity contribution < 1.29 is 14.5 Å². The van der Waals surface area contributed by atoms with Crippen LogP contribution >= 0.6 is 0 Å². The van der Waals surface area contributed by atoms with E-state index in [-0.39, 0.29) is 11.7 Å². The summed E-state index contributed by atoms with van der Waals surface area (Å²) in [6, 6.07) is 12.6. The number of non-ortho nitro benzene ring substituents is 1. The van der Waals surface area contributed by atoms with E-state index in [2.05, 4.69) is 20.9 Å². The van der Waals surface area contributed by atoms with Gasteiger partial charge in [-0.1, -0.05) is 0 Å². The van der Waals surface area contributed by atoms with Crippen LogP contribution in [0.25, 0.3) is 0 Å². The van der Waals surface area contributed by atoms with E-state index in [4.69, 9.17) is 0 Å². The zero-order chi connectivity index (χ0) is 21.5. The van der Waals surface area contributed by atoms with Gasteiger partial charge in [-0.25, -0.2) is 9.59 Å². The number of anilines is 3. The van der Waals surface area contributed by atoms with Crippen molar-refractivity contribution in [3.63, 3.8) is 0 Å². The van der Waals surface area contributed by atoms with E-state index in [1.54, 1.807) is 17.0 Å². The summed E-state index contributed by atoms with van der Waals surface area (Å²) in [7, 11) is 0. The van der Waals surface area contributed by atoms with Crippen molar-refractivity contribution >= 4 is 34.8 Å². The van der Waals surface area contributed by atoms with Crippen LogP contribution in [0.15, 0.2) is 48.5 Å². The topological polar surface area (TPSA) is 120 Å². The smallest absolute Gasteiger partial charge is 0.323 e. The van der Waals surface area contributed by atoms with Gasteiger partial charge in [0, 0.05) is 61.9 Å². The predicted molar refractivity (Wildman–Crippen MR) is 115 cm³/mol. The van der Waals surface area contributed by atoms with Crippen LogP contribution in [0, 0.1) is 10.1 Å². The fraction of sp³-hybridized carbons (Fsp3) is 0.300. The lowest BCUT2D eigenvalue weighted by Gasteiger charge is -2.36. The minimum Gasteiger partial charge on any atom is -0.368 e. The number of hydrogen-bond acceptors (Lipinski definition) is 5. The van der Waals surface area contributed by atoms with Gasteiger partial charge in [0.2, 0.25) is 0 Å². The molecule has 0 radical (unpaired) electrons. The molecule has 0 bridgehead atoms. The number of nitrogens with one attached hydrogen (secondary N) is 3. The Morgan fingerprint density at radius 1 is 0.933 bits per heavy atom. The molecule has 1 heterocycles. The lowest BCUT2D eigenvalue weighted by Crippen LogP contribution is -2.51. The molecule has 0 aliphatic carbocycles. The molecule has 2 aromatic rings. The zero-order valence-electron chi connectivity index (χ0n) is 16.6. The minimum atomic E-state index is -0.495. The maximum atomic E-state index is 12.1. The van der Waals surface area contributed by atoms with Crippen LogP contribution in [0.3, 0.4) is 0 Å². The molecule has 1 aliphatic rings. The fourth-order valence-electron chi connectivity index (χ4n) is 3.15. The Bertz CT molecular complexity index is 893.